The van der Waals surface area contributed by atoms with Crippen molar-refractivity contribution in [1.29, 1.82) is 0 Å². The molecule has 0 aliphatic heterocycles. The fourth-order valence-corrected chi connectivity index (χ4v) is 1.84. The number of rotatable bonds is 3. The second-order valence-corrected chi connectivity index (χ2v) is 4.10. The van der Waals surface area contributed by atoms with Gasteiger partial charge in [-0.2, -0.15) is 9.37 Å². The molecule has 0 saturated carbocycles. The third-order valence-electron chi connectivity index (χ3n) is 2.78. The molecule has 0 spiro atoms. The van der Waals surface area contributed by atoms with Gasteiger partial charge in [-0.25, -0.2) is 10.8 Å². The van der Waals surface area contributed by atoms with Crippen molar-refractivity contribution in [2.45, 2.75) is 0 Å². The van der Waals surface area contributed by atoms with E-state index in [1.165, 1.54) is 0 Å². The van der Waals surface area contributed by atoms with Crippen LogP contribution in [-0.4, -0.2) is 9.97 Å². The molecule has 0 aliphatic rings. The van der Waals surface area contributed by atoms with E-state index in [0.29, 0.717) is 5.75 Å². The minimum absolute atomic E-state index is 0.0854. The van der Waals surface area contributed by atoms with E-state index in [9.17, 15) is 4.39 Å². The highest BCUT2D eigenvalue weighted by Gasteiger charge is 2.09. The smallest absolute Gasteiger partial charge is 0.260 e. The lowest BCUT2D eigenvalue weighted by molar-refractivity contribution is 0.421. The van der Waals surface area contributed by atoms with E-state index in [-0.39, 0.29) is 11.8 Å². The van der Waals surface area contributed by atoms with Gasteiger partial charge in [-0.1, -0.05) is 30.3 Å². The fraction of sp³-hybridized carbons (Fsp3) is 0. The van der Waals surface area contributed by atoms with Gasteiger partial charge in [0.05, 0.1) is 6.20 Å². The van der Waals surface area contributed by atoms with Gasteiger partial charge < -0.3 is 4.74 Å². The number of anilines is 1. The van der Waals surface area contributed by atoms with E-state index in [1.54, 1.807) is 6.07 Å². The second-order valence-electron chi connectivity index (χ2n) is 4.10. The summed E-state index contributed by atoms with van der Waals surface area (Å²) in [7, 11) is 0. The topological polar surface area (TPSA) is 73.1 Å². The third-order valence-corrected chi connectivity index (χ3v) is 2.78. The largest absolute Gasteiger partial charge is 0.436 e. The Morgan fingerprint density at radius 1 is 1.10 bits per heavy atom. The van der Waals surface area contributed by atoms with E-state index in [4.69, 9.17) is 10.6 Å². The lowest BCUT2D eigenvalue weighted by Crippen LogP contribution is -2.11. The van der Waals surface area contributed by atoms with E-state index >= 15 is 0 Å². The first-order chi connectivity index (χ1) is 9.76. The van der Waals surface area contributed by atoms with Crippen molar-refractivity contribution in [1.82, 2.24) is 9.97 Å². The normalized spacial score (nSPS) is 10.5. The van der Waals surface area contributed by atoms with Gasteiger partial charge in [0.15, 0.2) is 0 Å². The zero-order valence-electron chi connectivity index (χ0n) is 10.4. The average Bonchev–Trinajstić information content (AvgIpc) is 2.49. The maximum absolute atomic E-state index is 13.6. The number of hydrogen-bond acceptors (Lipinski definition) is 5. The van der Waals surface area contributed by atoms with Crippen molar-refractivity contribution in [3.05, 3.63) is 54.5 Å². The Balaban J connectivity index is 1.96. The first-order valence-corrected chi connectivity index (χ1v) is 5.92. The highest BCUT2D eigenvalue weighted by atomic mass is 19.1. The predicted molar refractivity (Wildman–Crippen MR) is 73.8 cm³/mol. The number of nitrogens with one attached hydrogen (secondary N) is 1. The Hall–Kier alpha value is -2.73. The van der Waals surface area contributed by atoms with Gasteiger partial charge in [0.25, 0.3) is 5.88 Å². The number of hydrazine groups is 1. The van der Waals surface area contributed by atoms with Gasteiger partial charge >= 0.3 is 0 Å². The summed E-state index contributed by atoms with van der Waals surface area (Å²) in [5.74, 6) is 4.93. The van der Waals surface area contributed by atoms with Crippen LogP contribution >= 0.6 is 0 Å². The van der Waals surface area contributed by atoms with Gasteiger partial charge in [0, 0.05) is 0 Å². The van der Waals surface area contributed by atoms with Gasteiger partial charge in [-0.3, -0.25) is 5.43 Å². The molecule has 3 aromatic rings. The summed E-state index contributed by atoms with van der Waals surface area (Å²) in [4.78, 5) is 7.47. The number of benzene rings is 2. The molecule has 0 unspecified atom stereocenters. The summed E-state index contributed by atoms with van der Waals surface area (Å²) >= 11 is 0. The summed E-state index contributed by atoms with van der Waals surface area (Å²) in [6, 6.07) is 13.3. The number of aromatic nitrogens is 2. The Labute approximate surface area is 114 Å². The Kier molecular flexibility index (Phi) is 3.14. The molecule has 3 rings (SSSR count). The summed E-state index contributed by atoms with van der Waals surface area (Å²) in [5, 5.41) is 2.07. The maximum Gasteiger partial charge on any atom is 0.260 e. The molecule has 0 atom stereocenters. The lowest BCUT2D eigenvalue weighted by Gasteiger charge is -2.07. The Morgan fingerprint density at radius 2 is 1.90 bits per heavy atom. The van der Waals surface area contributed by atoms with Crippen molar-refractivity contribution in [2.75, 3.05) is 5.43 Å². The fourth-order valence-electron chi connectivity index (χ4n) is 1.84. The molecule has 0 radical (unpaired) electrons. The molecule has 100 valence electrons. The van der Waals surface area contributed by atoms with Crippen LogP contribution in [-0.2, 0) is 0 Å². The highest BCUT2D eigenvalue weighted by Crippen LogP contribution is 2.26. The van der Waals surface area contributed by atoms with Crippen LogP contribution in [0.15, 0.2) is 48.7 Å². The number of ether oxygens (including phenoxy) is 1. The number of hydrogen-bond donors (Lipinski definition) is 2. The molecule has 0 aliphatic carbocycles. The standard InChI is InChI=1S/C14H11FN4O/c15-12-8-17-14(19-16)18-13(12)20-11-6-5-9-3-1-2-4-10(9)7-11/h1-8H,16H2,(H,17,18,19). The molecule has 0 amide bonds. The van der Waals surface area contributed by atoms with Crippen LogP contribution in [0.4, 0.5) is 10.3 Å². The predicted octanol–water partition coefficient (Wildman–Crippen LogP) is 2.85. The summed E-state index contributed by atoms with van der Waals surface area (Å²) in [6.07, 6.45) is 0.999. The van der Waals surface area contributed by atoms with Crippen LogP contribution in [0.5, 0.6) is 11.6 Å². The first-order valence-electron chi connectivity index (χ1n) is 5.92. The number of halogens is 1. The van der Waals surface area contributed by atoms with Crippen LogP contribution in [0.25, 0.3) is 10.8 Å². The monoisotopic (exact) mass is 270 g/mol. The summed E-state index contributed by atoms with van der Waals surface area (Å²) in [6.45, 7) is 0. The van der Waals surface area contributed by atoms with Gasteiger partial charge in [-0.15, -0.1) is 0 Å². The molecule has 0 saturated heterocycles. The van der Waals surface area contributed by atoms with Crippen molar-refractivity contribution >= 4 is 16.7 Å². The molecule has 3 N–H and O–H groups in total. The van der Waals surface area contributed by atoms with Crippen molar-refractivity contribution in [3.63, 3.8) is 0 Å². The summed E-state index contributed by atoms with van der Waals surface area (Å²) < 4.78 is 19.0. The van der Waals surface area contributed by atoms with Crippen LogP contribution in [0.2, 0.25) is 0 Å². The van der Waals surface area contributed by atoms with Gasteiger partial charge in [-0.05, 0) is 22.9 Å². The zero-order chi connectivity index (χ0) is 13.9. The van der Waals surface area contributed by atoms with Crippen molar-refractivity contribution in [2.24, 2.45) is 5.84 Å². The van der Waals surface area contributed by atoms with Gasteiger partial charge in [0.2, 0.25) is 11.8 Å². The maximum atomic E-state index is 13.6. The first kappa shape index (κ1) is 12.3. The molecule has 6 heteroatoms. The second kappa shape index (κ2) is 5.10. The molecule has 5 nitrogen and oxygen atoms in total. The van der Waals surface area contributed by atoms with E-state index in [2.05, 4.69) is 15.4 Å². The zero-order valence-corrected chi connectivity index (χ0v) is 10.4. The molecule has 2 aromatic carbocycles. The van der Waals surface area contributed by atoms with Crippen LogP contribution in [0, 0.1) is 5.82 Å². The molecule has 0 fully saturated rings. The molecular weight excluding hydrogens is 259 g/mol. The lowest BCUT2D eigenvalue weighted by atomic mass is 10.1. The van der Waals surface area contributed by atoms with E-state index in [0.717, 1.165) is 17.0 Å². The quantitative estimate of drug-likeness (QED) is 0.565. The molecular formula is C14H11FN4O. The summed E-state index contributed by atoms with van der Waals surface area (Å²) in [5.41, 5.74) is 2.24. The van der Waals surface area contributed by atoms with Crippen molar-refractivity contribution < 1.29 is 9.13 Å². The minimum atomic E-state index is -0.655. The highest BCUT2D eigenvalue weighted by molar-refractivity contribution is 5.83. The number of nitrogens with zero attached hydrogens (tertiary/aromatic N) is 2. The molecule has 1 aromatic heterocycles. The van der Waals surface area contributed by atoms with Gasteiger partial charge in [0.1, 0.15) is 5.75 Å². The minimum Gasteiger partial charge on any atom is -0.436 e. The third kappa shape index (κ3) is 2.36. The molecule has 1 heterocycles. The average molecular weight is 270 g/mol. The van der Waals surface area contributed by atoms with E-state index < -0.39 is 5.82 Å². The molecule has 0 bridgehead atoms. The molecule has 20 heavy (non-hydrogen) atoms. The van der Waals surface area contributed by atoms with Crippen LogP contribution in [0.3, 0.4) is 0 Å². The number of fused-ring (bicyclic) bond motifs is 1. The SMILES string of the molecule is NNc1ncc(F)c(Oc2ccc3ccccc3c2)n1. The Morgan fingerprint density at radius 3 is 2.70 bits per heavy atom. The van der Waals surface area contributed by atoms with Crippen LogP contribution in [0.1, 0.15) is 0 Å². The number of nitrogen functional groups attached to an aromatic ring is 1. The van der Waals surface area contributed by atoms with Crippen molar-refractivity contribution in [3.8, 4) is 11.6 Å². The van der Waals surface area contributed by atoms with E-state index in [1.807, 2.05) is 36.4 Å². The van der Waals surface area contributed by atoms with Crippen LogP contribution < -0.4 is 16.0 Å². The Bertz CT molecular complexity index is 763. The number of nitrogens with two attached hydrogens (primary N) is 1.